The summed E-state index contributed by atoms with van der Waals surface area (Å²) in [4.78, 5) is 30.5. The van der Waals surface area contributed by atoms with Gasteiger partial charge in [-0.3, -0.25) is 4.79 Å². The van der Waals surface area contributed by atoms with Crippen LogP contribution in [-0.4, -0.2) is 39.5 Å². The Bertz CT molecular complexity index is 754. The fourth-order valence-electron chi connectivity index (χ4n) is 2.76. The molecule has 0 radical (unpaired) electrons. The largest absolute Gasteiger partial charge is 0.467 e. The van der Waals surface area contributed by atoms with Crippen LogP contribution in [0.1, 0.15) is 21.7 Å². The molecule has 1 aromatic heterocycles. The summed E-state index contributed by atoms with van der Waals surface area (Å²) in [5, 5.41) is 0. The number of aromatic nitrogens is 2. The summed E-state index contributed by atoms with van der Waals surface area (Å²) in [5.74, 6) is -1.25. The minimum absolute atomic E-state index is 0.252. The zero-order valence-electron chi connectivity index (χ0n) is 12.8. The summed E-state index contributed by atoms with van der Waals surface area (Å²) >= 11 is 0. The van der Waals surface area contributed by atoms with Gasteiger partial charge in [-0.2, -0.15) is 0 Å². The van der Waals surface area contributed by atoms with Gasteiger partial charge in [-0.05, 0) is 24.3 Å². The van der Waals surface area contributed by atoms with Gasteiger partial charge in [0.15, 0.2) is 0 Å². The summed E-state index contributed by atoms with van der Waals surface area (Å²) < 4.78 is 19.7. The van der Waals surface area contributed by atoms with E-state index in [-0.39, 0.29) is 12.5 Å². The van der Waals surface area contributed by atoms with Crippen molar-refractivity contribution in [3.8, 4) is 0 Å². The van der Waals surface area contributed by atoms with Gasteiger partial charge in [-0.1, -0.05) is 0 Å². The number of esters is 1. The van der Waals surface area contributed by atoms with Crippen molar-refractivity contribution in [3.05, 3.63) is 53.4 Å². The zero-order chi connectivity index (χ0) is 16.6. The highest BCUT2D eigenvalue weighted by Crippen LogP contribution is 2.24. The van der Waals surface area contributed by atoms with Crippen LogP contribution in [0.2, 0.25) is 0 Å². The summed E-state index contributed by atoms with van der Waals surface area (Å²) in [6.07, 6.45) is 1.96. The Kier molecular flexibility index (Phi) is 3.85. The second-order valence-corrected chi connectivity index (χ2v) is 5.43. The Hall–Kier alpha value is -2.70. The topological polar surface area (TPSA) is 64.4 Å². The molecule has 3 rings (SSSR count). The molecule has 2 aromatic rings. The van der Waals surface area contributed by atoms with Gasteiger partial charge in [-0.15, -0.1) is 0 Å². The number of nitrogens with zero attached hydrogens (tertiary/aromatic N) is 3. The van der Waals surface area contributed by atoms with Crippen molar-refractivity contribution in [1.29, 1.82) is 0 Å². The van der Waals surface area contributed by atoms with Crippen LogP contribution in [0.15, 0.2) is 30.6 Å². The number of hydrogen-bond donors (Lipinski definition) is 0. The second-order valence-electron chi connectivity index (χ2n) is 5.43. The molecule has 0 aliphatic carbocycles. The predicted octanol–water partition coefficient (Wildman–Crippen LogP) is 1.30. The molecule has 0 saturated carbocycles. The van der Waals surface area contributed by atoms with E-state index in [9.17, 15) is 14.0 Å². The maximum absolute atomic E-state index is 13.0. The number of rotatable bonds is 2. The smallest absolute Gasteiger partial charge is 0.329 e. The number of amides is 1. The standard InChI is InChI=1S/C16H16FN3O3/c1-19-9-18-12-7-13(16(22)23-2)20(8-14(12)19)15(21)10-3-5-11(17)6-4-10/h3-6,9,13H,7-8H2,1-2H3/t13-/m0/s1. The predicted molar refractivity (Wildman–Crippen MR) is 79.0 cm³/mol. The molecule has 0 bridgehead atoms. The van der Waals surface area contributed by atoms with E-state index in [1.165, 1.54) is 36.3 Å². The number of methoxy groups -OCH3 is 1. The van der Waals surface area contributed by atoms with E-state index in [2.05, 4.69) is 4.98 Å². The third-order valence-electron chi connectivity index (χ3n) is 4.05. The Morgan fingerprint density at radius 2 is 2.00 bits per heavy atom. The first-order valence-corrected chi connectivity index (χ1v) is 7.14. The average molecular weight is 317 g/mol. The van der Waals surface area contributed by atoms with Gasteiger partial charge in [0, 0.05) is 19.0 Å². The third kappa shape index (κ3) is 2.69. The van der Waals surface area contributed by atoms with Crippen LogP contribution in [0.3, 0.4) is 0 Å². The quantitative estimate of drug-likeness (QED) is 0.783. The fourth-order valence-corrected chi connectivity index (χ4v) is 2.76. The van der Waals surface area contributed by atoms with Gasteiger partial charge in [-0.25, -0.2) is 14.2 Å². The summed E-state index contributed by atoms with van der Waals surface area (Å²) in [7, 11) is 3.13. The lowest BCUT2D eigenvalue weighted by Crippen LogP contribution is -2.49. The number of ether oxygens (including phenoxy) is 1. The molecule has 7 heteroatoms. The van der Waals surface area contributed by atoms with Gasteiger partial charge < -0.3 is 14.2 Å². The number of benzene rings is 1. The van der Waals surface area contributed by atoms with E-state index in [0.717, 1.165) is 11.4 Å². The molecule has 120 valence electrons. The highest BCUT2D eigenvalue weighted by Gasteiger charge is 2.37. The zero-order valence-corrected chi connectivity index (χ0v) is 12.8. The van der Waals surface area contributed by atoms with Gasteiger partial charge >= 0.3 is 5.97 Å². The Morgan fingerprint density at radius 1 is 1.30 bits per heavy atom. The number of hydrogen-bond acceptors (Lipinski definition) is 4. The minimum atomic E-state index is -0.736. The van der Waals surface area contributed by atoms with Crippen molar-refractivity contribution in [2.75, 3.05) is 7.11 Å². The Balaban J connectivity index is 1.96. The van der Waals surface area contributed by atoms with Crippen molar-refractivity contribution in [3.63, 3.8) is 0 Å². The average Bonchev–Trinajstić information content (AvgIpc) is 2.93. The van der Waals surface area contributed by atoms with Crippen molar-refractivity contribution in [2.45, 2.75) is 19.0 Å². The van der Waals surface area contributed by atoms with Gasteiger partial charge in [0.2, 0.25) is 0 Å². The van der Waals surface area contributed by atoms with Gasteiger partial charge in [0.05, 0.1) is 31.4 Å². The van der Waals surface area contributed by atoms with Gasteiger partial charge in [0.25, 0.3) is 5.91 Å². The molecular weight excluding hydrogens is 301 g/mol. The molecule has 0 saturated heterocycles. The minimum Gasteiger partial charge on any atom is -0.467 e. The lowest BCUT2D eigenvalue weighted by Gasteiger charge is -2.33. The molecule has 2 heterocycles. The van der Waals surface area contributed by atoms with Gasteiger partial charge in [0.1, 0.15) is 11.9 Å². The summed E-state index contributed by atoms with van der Waals surface area (Å²) in [5.41, 5.74) is 1.98. The fraction of sp³-hybridized carbons (Fsp3) is 0.312. The van der Waals surface area contributed by atoms with Crippen LogP contribution >= 0.6 is 0 Å². The highest BCUT2D eigenvalue weighted by atomic mass is 19.1. The molecule has 6 nitrogen and oxygen atoms in total. The van der Waals surface area contributed by atoms with E-state index in [4.69, 9.17) is 4.74 Å². The van der Waals surface area contributed by atoms with E-state index in [1.54, 1.807) is 6.33 Å². The number of imidazole rings is 1. The number of carbonyl (C=O) groups is 2. The maximum atomic E-state index is 13.0. The third-order valence-corrected chi connectivity index (χ3v) is 4.05. The van der Waals surface area contributed by atoms with E-state index in [1.807, 2.05) is 11.6 Å². The van der Waals surface area contributed by atoms with Crippen molar-refractivity contribution < 1.29 is 18.7 Å². The number of halogens is 1. The Morgan fingerprint density at radius 3 is 2.65 bits per heavy atom. The summed E-state index contributed by atoms with van der Waals surface area (Å²) in [6.45, 7) is 0.252. The van der Waals surface area contributed by atoms with Crippen LogP contribution in [-0.2, 0) is 29.5 Å². The monoisotopic (exact) mass is 317 g/mol. The van der Waals surface area contributed by atoms with E-state index in [0.29, 0.717) is 12.0 Å². The normalized spacial score (nSPS) is 16.8. The first kappa shape index (κ1) is 15.2. The van der Waals surface area contributed by atoms with Crippen LogP contribution in [0.25, 0.3) is 0 Å². The van der Waals surface area contributed by atoms with E-state index < -0.39 is 17.8 Å². The molecule has 1 aliphatic heterocycles. The second kappa shape index (κ2) is 5.83. The molecule has 1 atom stereocenters. The van der Waals surface area contributed by atoms with Crippen LogP contribution in [0, 0.1) is 5.82 Å². The lowest BCUT2D eigenvalue weighted by atomic mass is 10.0. The molecule has 0 spiro atoms. The van der Waals surface area contributed by atoms with Crippen molar-refractivity contribution >= 4 is 11.9 Å². The van der Waals surface area contributed by atoms with Crippen molar-refractivity contribution in [1.82, 2.24) is 14.5 Å². The molecular formula is C16H16FN3O3. The first-order valence-electron chi connectivity index (χ1n) is 7.14. The molecule has 0 fully saturated rings. The lowest BCUT2D eigenvalue weighted by molar-refractivity contribution is -0.146. The Labute approximate surface area is 132 Å². The van der Waals surface area contributed by atoms with Crippen molar-refractivity contribution in [2.24, 2.45) is 7.05 Å². The maximum Gasteiger partial charge on any atom is 0.329 e. The molecule has 0 N–H and O–H groups in total. The summed E-state index contributed by atoms with van der Waals surface area (Å²) in [6, 6.07) is 4.52. The first-order chi connectivity index (χ1) is 11.0. The molecule has 23 heavy (non-hydrogen) atoms. The molecule has 1 aromatic carbocycles. The highest BCUT2D eigenvalue weighted by molar-refractivity contribution is 5.97. The van der Waals surface area contributed by atoms with E-state index >= 15 is 0 Å². The molecule has 0 unspecified atom stereocenters. The number of carbonyl (C=O) groups excluding carboxylic acids is 2. The van der Waals surface area contributed by atoms with Crippen LogP contribution in [0.4, 0.5) is 4.39 Å². The van der Waals surface area contributed by atoms with Crippen LogP contribution < -0.4 is 0 Å². The number of fused-ring (bicyclic) bond motifs is 1. The molecule has 1 aliphatic rings. The van der Waals surface area contributed by atoms with Crippen LogP contribution in [0.5, 0.6) is 0 Å². The molecule has 1 amide bonds. The number of aryl methyl sites for hydroxylation is 1. The SMILES string of the molecule is COC(=O)[C@@H]1Cc2ncn(C)c2CN1C(=O)c1ccc(F)cc1.